The molecule has 1 fully saturated rings. The van der Waals surface area contributed by atoms with Crippen LogP contribution in [0, 0.1) is 13.8 Å². The van der Waals surface area contributed by atoms with Crippen LogP contribution in [0.25, 0.3) is 0 Å². The Kier molecular flexibility index (Phi) is 4.22. The Bertz CT molecular complexity index is 472. The van der Waals surface area contributed by atoms with Crippen LogP contribution in [-0.4, -0.2) is 43.5 Å². The van der Waals surface area contributed by atoms with E-state index >= 15 is 0 Å². The molecule has 1 aliphatic rings. The number of benzene rings is 1. The molecule has 1 aliphatic heterocycles. The van der Waals surface area contributed by atoms with Crippen molar-refractivity contribution < 1.29 is 4.79 Å². The summed E-state index contributed by atoms with van der Waals surface area (Å²) in [6, 6.07) is 6.56. The Hall–Kier alpha value is -1.39. The van der Waals surface area contributed by atoms with E-state index in [0.717, 1.165) is 18.7 Å². The van der Waals surface area contributed by atoms with Crippen molar-refractivity contribution in [2.75, 3.05) is 31.6 Å². The molecular weight excluding hydrogens is 238 g/mol. The molecule has 0 aromatic heterocycles. The van der Waals surface area contributed by atoms with Crippen LogP contribution in [0.4, 0.5) is 5.69 Å². The molecule has 104 valence electrons. The first-order valence-electron chi connectivity index (χ1n) is 6.81. The molecule has 0 aliphatic carbocycles. The average molecular weight is 261 g/mol. The minimum absolute atomic E-state index is 0.166. The lowest BCUT2D eigenvalue weighted by Crippen LogP contribution is -2.55. The number of carbonyl (C=O) groups is 1. The molecule has 4 heteroatoms. The minimum Gasteiger partial charge on any atom is -0.330 e. The summed E-state index contributed by atoms with van der Waals surface area (Å²) in [6.45, 7) is 6.02. The largest absolute Gasteiger partial charge is 0.330 e. The molecule has 1 unspecified atom stereocenters. The van der Waals surface area contributed by atoms with Gasteiger partial charge in [0.05, 0.1) is 6.54 Å². The molecule has 0 saturated carbocycles. The second kappa shape index (κ2) is 5.72. The van der Waals surface area contributed by atoms with Crippen molar-refractivity contribution in [1.29, 1.82) is 0 Å². The Labute approximate surface area is 115 Å². The number of hydrogen-bond donors (Lipinski definition) is 1. The lowest BCUT2D eigenvalue weighted by atomic mass is 10.1. The van der Waals surface area contributed by atoms with Crippen molar-refractivity contribution in [3.05, 3.63) is 29.3 Å². The molecule has 2 N–H and O–H groups in total. The molecule has 1 aromatic carbocycles. The number of amides is 1. The van der Waals surface area contributed by atoms with Crippen LogP contribution >= 0.6 is 0 Å². The molecule has 19 heavy (non-hydrogen) atoms. The number of nitrogens with two attached hydrogens (primary N) is 1. The minimum atomic E-state index is 0.166. The second-order valence-corrected chi connectivity index (χ2v) is 5.42. The summed E-state index contributed by atoms with van der Waals surface area (Å²) in [5.41, 5.74) is 9.13. The van der Waals surface area contributed by atoms with Crippen LogP contribution in [0.15, 0.2) is 18.2 Å². The van der Waals surface area contributed by atoms with Gasteiger partial charge in [-0.1, -0.05) is 6.07 Å². The molecule has 0 radical (unpaired) electrons. The van der Waals surface area contributed by atoms with E-state index in [0.29, 0.717) is 19.1 Å². The third-order valence-electron chi connectivity index (χ3n) is 4.00. The van der Waals surface area contributed by atoms with E-state index in [2.05, 4.69) is 30.9 Å². The van der Waals surface area contributed by atoms with Crippen LogP contribution in [0.3, 0.4) is 0 Å². The maximum absolute atomic E-state index is 12.2. The first-order valence-corrected chi connectivity index (χ1v) is 6.81. The Balaban J connectivity index is 2.22. The van der Waals surface area contributed by atoms with E-state index in [4.69, 9.17) is 5.73 Å². The van der Waals surface area contributed by atoms with Gasteiger partial charge in [0.25, 0.3) is 0 Å². The fraction of sp³-hybridized carbons (Fsp3) is 0.533. The van der Waals surface area contributed by atoms with E-state index < -0.39 is 0 Å². The third-order valence-corrected chi connectivity index (χ3v) is 4.00. The maximum atomic E-state index is 12.2. The van der Waals surface area contributed by atoms with Crippen LogP contribution in [0.2, 0.25) is 0 Å². The van der Waals surface area contributed by atoms with Gasteiger partial charge in [-0.3, -0.25) is 9.69 Å². The Morgan fingerprint density at radius 1 is 1.32 bits per heavy atom. The lowest BCUT2D eigenvalue weighted by molar-refractivity contribution is -0.122. The zero-order valence-electron chi connectivity index (χ0n) is 12.0. The highest BCUT2D eigenvalue weighted by molar-refractivity contribution is 5.95. The molecule has 1 saturated heterocycles. The summed E-state index contributed by atoms with van der Waals surface area (Å²) in [5, 5.41) is 0. The first-order chi connectivity index (χ1) is 9.02. The highest BCUT2D eigenvalue weighted by atomic mass is 16.2. The number of anilines is 1. The monoisotopic (exact) mass is 261 g/mol. The van der Waals surface area contributed by atoms with E-state index in [-0.39, 0.29) is 5.91 Å². The number of rotatable bonds is 3. The summed E-state index contributed by atoms with van der Waals surface area (Å²) >= 11 is 0. The smallest absolute Gasteiger partial charge is 0.241 e. The first kappa shape index (κ1) is 14.0. The molecule has 1 aromatic rings. The van der Waals surface area contributed by atoms with Crippen LogP contribution in [-0.2, 0) is 4.79 Å². The van der Waals surface area contributed by atoms with Crippen molar-refractivity contribution in [2.24, 2.45) is 5.73 Å². The van der Waals surface area contributed by atoms with E-state index in [1.165, 1.54) is 11.1 Å². The molecule has 1 heterocycles. The van der Waals surface area contributed by atoms with Crippen LogP contribution < -0.4 is 10.6 Å². The normalized spacial score (nSPS) is 20.9. The predicted molar refractivity (Wildman–Crippen MR) is 78.4 cm³/mol. The second-order valence-electron chi connectivity index (χ2n) is 5.42. The fourth-order valence-corrected chi connectivity index (χ4v) is 2.53. The Morgan fingerprint density at radius 3 is 2.68 bits per heavy atom. The van der Waals surface area contributed by atoms with Crippen molar-refractivity contribution in [2.45, 2.75) is 26.3 Å². The van der Waals surface area contributed by atoms with Gasteiger partial charge < -0.3 is 10.6 Å². The van der Waals surface area contributed by atoms with Gasteiger partial charge in [-0.05, 0) is 57.1 Å². The summed E-state index contributed by atoms with van der Waals surface area (Å²) in [4.78, 5) is 16.2. The molecular formula is C15H23N3O. The van der Waals surface area contributed by atoms with Gasteiger partial charge in [0.1, 0.15) is 0 Å². The number of hydrogen-bond acceptors (Lipinski definition) is 3. The van der Waals surface area contributed by atoms with Crippen LogP contribution in [0.1, 0.15) is 17.5 Å². The topological polar surface area (TPSA) is 49.6 Å². The molecule has 1 atom stereocenters. The summed E-state index contributed by atoms with van der Waals surface area (Å²) < 4.78 is 0. The third kappa shape index (κ3) is 2.96. The number of carbonyl (C=O) groups excluding carboxylic acids is 1. The number of likely N-dealkylation sites (N-methyl/N-ethyl adjacent to an activating group) is 1. The van der Waals surface area contributed by atoms with Crippen molar-refractivity contribution >= 4 is 11.6 Å². The van der Waals surface area contributed by atoms with Gasteiger partial charge in [-0.2, -0.15) is 0 Å². The van der Waals surface area contributed by atoms with Gasteiger partial charge in [0, 0.05) is 18.3 Å². The van der Waals surface area contributed by atoms with Gasteiger partial charge in [0.15, 0.2) is 0 Å². The number of nitrogens with zero attached hydrogens (tertiary/aromatic N) is 2. The highest BCUT2D eigenvalue weighted by Crippen LogP contribution is 2.23. The Morgan fingerprint density at radius 2 is 2.05 bits per heavy atom. The maximum Gasteiger partial charge on any atom is 0.241 e. The molecule has 0 spiro atoms. The fourth-order valence-electron chi connectivity index (χ4n) is 2.53. The molecule has 0 bridgehead atoms. The standard InChI is InChI=1S/C15H23N3O/c1-11-4-5-13(8-12(11)2)18-9-14(6-7-16)17(3)10-15(18)19/h4-5,8,14H,6-7,9-10,16H2,1-3H3. The molecule has 2 rings (SSSR count). The van der Waals surface area contributed by atoms with Crippen LogP contribution in [0.5, 0.6) is 0 Å². The molecule has 4 nitrogen and oxygen atoms in total. The van der Waals surface area contributed by atoms with Gasteiger partial charge in [-0.25, -0.2) is 0 Å². The van der Waals surface area contributed by atoms with E-state index in [9.17, 15) is 4.79 Å². The molecule has 1 amide bonds. The number of piperazine rings is 1. The highest BCUT2D eigenvalue weighted by Gasteiger charge is 2.30. The number of aryl methyl sites for hydroxylation is 2. The predicted octanol–water partition coefficient (Wildman–Crippen LogP) is 1.30. The summed E-state index contributed by atoms with van der Waals surface area (Å²) in [5.74, 6) is 0.166. The lowest BCUT2D eigenvalue weighted by Gasteiger charge is -2.39. The summed E-state index contributed by atoms with van der Waals surface area (Å²) in [7, 11) is 2.00. The SMILES string of the molecule is Cc1ccc(N2CC(CCN)N(C)CC2=O)cc1C. The van der Waals surface area contributed by atoms with Crippen molar-refractivity contribution in [3.8, 4) is 0 Å². The van der Waals surface area contributed by atoms with E-state index in [1.807, 2.05) is 18.0 Å². The van der Waals surface area contributed by atoms with Crippen molar-refractivity contribution in [1.82, 2.24) is 4.90 Å². The summed E-state index contributed by atoms with van der Waals surface area (Å²) in [6.07, 6.45) is 0.922. The van der Waals surface area contributed by atoms with Gasteiger partial charge >= 0.3 is 0 Å². The quantitative estimate of drug-likeness (QED) is 0.892. The average Bonchev–Trinajstić information content (AvgIpc) is 2.36. The van der Waals surface area contributed by atoms with E-state index in [1.54, 1.807) is 0 Å². The zero-order chi connectivity index (χ0) is 14.0. The van der Waals surface area contributed by atoms with Gasteiger partial charge in [-0.15, -0.1) is 0 Å². The van der Waals surface area contributed by atoms with Gasteiger partial charge in [0.2, 0.25) is 5.91 Å². The van der Waals surface area contributed by atoms with Crippen molar-refractivity contribution in [3.63, 3.8) is 0 Å². The zero-order valence-corrected chi connectivity index (χ0v) is 12.0.